The third-order valence-electron chi connectivity index (χ3n) is 12.4. The zero-order valence-electron chi connectivity index (χ0n) is 36.0. The molecule has 3 aromatic heterocycles. The van der Waals surface area contributed by atoms with Crippen molar-refractivity contribution in [1.29, 1.82) is 0 Å². The molecule has 2 aliphatic rings. The van der Waals surface area contributed by atoms with E-state index >= 15 is 17.6 Å². The molecule has 13 heteroatoms. The maximum absolute atomic E-state index is 16.4. The second-order valence-corrected chi connectivity index (χ2v) is 16.5. The van der Waals surface area contributed by atoms with Gasteiger partial charge >= 0.3 is 19.5 Å². The van der Waals surface area contributed by atoms with Crippen LogP contribution in [0.3, 0.4) is 0 Å². The molecule has 0 unspecified atom stereocenters. The van der Waals surface area contributed by atoms with Crippen LogP contribution < -0.4 is 9.97 Å². The minimum atomic E-state index is -0.529. The first kappa shape index (κ1) is 41.9. The Morgan fingerprint density at radius 1 is 0.261 bits per heavy atom. The van der Waals surface area contributed by atoms with Crippen molar-refractivity contribution in [3.63, 3.8) is 0 Å². The largest absolute Gasteiger partial charge is 2.00 e. The molecule has 8 nitrogen and oxygen atoms in total. The molecule has 0 atom stereocenters. The molecule has 5 heterocycles. The number of aromatic nitrogens is 8. The molecule has 322 valence electrons. The number of rotatable bonds is 4. The van der Waals surface area contributed by atoms with Crippen LogP contribution in [0.2, 0.25) is 0 Å². The number of halogens is 4. The maximum Gasteiger partial charge on any atom is 2.00 e. The van der Waals surface area contributed by atoms with Gasteiger partial charge in [0.15, 0.2) is 0 Å². The van der Waals surface area contributed by atoms with Crippen LogP contribution in [0, 0.1) is 23.3 Å². The van der Waals surface area contributed by atoms with Crippen molar-refractivity contribution in [1.82, 2.24) is 39.9 Å². The minimum absolute atomic E-state index is 0. The summed E-state index contributed by atoms with van der Waals surface area (Å²) in [6.07, 6.45) is 0. The summed E-state index contributed by atoms with van der Waals surface area (Å²) in [6.45, 7) is 0. The van der Waals surface area contributed by atoms with Crippen LogP contribution in [-0.2, 0) is 19.5 Å². The first-order chi connectivity index (χ1) is 33.3. The van der Waals surface area contributed by atoms with Gasteiger partial charge in [0, 0.05) is 67.1 Å². The first-order valence-corrected chi connectivity index (χ1v) is 21.6. The molecule has 0 saturated heterocycles. The summed E-state index contributed by atoms with van der Waals surface area (Å²) < 4.78 is 65.5. The van der Waals surface area contributed by atoms with Crippen LogP contribution in [0.5, 0.6) is 0 Å². The second kappa shape index (κ2) is 16.4. The SMILES string of the molecule is Fc1cc2c(cc1-c1ccccc1)-c1nc-2nc2[n-]c(nc3nc(nc4[n-]c(n1)c1cc(F)c(-c5ccccc5)cc41)-c1cc(F)c(-c4ccccc4)cc1-3)c1cc(F)c(-c3ccccc3)cc21.[Zn+2]. The smallest absolute Gasteiger partial charge is 0.357 e. The number of hydrogen-bond donors (Lipinski definition) is 0. The van der Waals surface area contributed by atoms with Crippen LogP contribution in [-0.4, -0.2) is 29.9 Å². The van der Waals surface area contributed by atoms with Crippen molar-refractivity contribution < 1.29 is 37.0 Å². The van der Waals surface area contributed by atoms with Crippen LogP contribution >= 0.6 is 0 Å². The van der Waals surface area contributed by atoms with Gasteiger partial charge in [0.2, 0.25) is 0 Å². The summed E-state index contributed by atoms with van der Waals surface area (Å²) >= 11 is 0. The average molecular weight is 954 g/mol. The van der Waals surface area contributed by atoms with Crippen molar-refractivity contribution in [2.75, 3.05) is 0 Å². The van der Waals surface area contributed by atoms with Gasteiger partial charge in [0.25, 0.3) is 0 Å². The number of benzene rings is 8. The van der Waals surface area contributed by atoms with Gasteiger partial charge in [-0.1, -0.05) is 121 Å². The van der Waals surface area contributed by atoms with Crippen molar-refractivity contribution in [2.24, 2.45) is 0 Å². The van der Waals surface area contributed by atoms with E-state index in [0.29, 0.717) is 88.3 Å². The van der Waals surface area contributed by atoms with Gasteiger partial charge in [-0.15, -0.1) is 0 Å². The van der Waals surface area contributed by atoms with Crippen LogP contribution in [0.4, 0.5) is 17.6 Å². The number of fused-ring (bicyclic) bond motifs is 20. The average Bonchev–Trinajstić information content (AvgIpc) is 4.08. The van der Waals surface area contributed by atoms with E-state index < -0.39 is 23.3 Å². The van der Waals surface area contributed by atoms with Gasteiger partial charge < -0.3 is 29.9 Å². The van der Waals surface area contributed by atoms with Gasteiger partial charge in [-0.05, 0) is 92.3 Å². The molecule has 8 bridgehead atoms. The predicted molar refractivity (Wildman–Crippen MR) is 256 cm³/mol. The Kier molecular flexibility index (Phi) is 9.92. The predicted octanol–water partition coefficient (Wildman–Crippen LogP) is 13.3. The molecule has 2 aliphatic heterocycles. The second-order valence-electron chi connectivity index (χ2n) is 16.5. The molecule has 69 heavy (non-hydrogen) atoms. The summed E-state index contributed by atoms with van der Waals surface area (Å²) in [6, 6.07) is 48.3. The first-order valence-electron chi connectivity index (χ1n) is 21.6. The topological polar surface area (TPSA) is 106 Å². The molecule has 11 aromatic rings. The molecule has 0 fully saturated rings. The van der Waals surface area contributed by atoms with Gasteiger partial charge in [-0.3, -0.25) is 0 Å². The molecular formula is C56H28F4N8Zn. The van der Waals surface area contributed by atoms with Crippen LogP contribution in [0.15, 0.2) is 170 Å². The Bertz CT molecular complexity index is 3810. The van der Waals surface area contributed by atoms with Gasteiger partial charge in [0.1, 0.15) is 23.3 Å². The molecule has 0 aliphatic carbocycles. The monoisotopic (exact) mass is 952 g/mol. The Morgan fingerprint density at radius 2 is 0.507 bits per heavy atom. The van der Waals surface area contributed by atoms with E-state index in [-0.39, 0.29) is 65.4 Å². The molecule has 0 spiro atoms. The molecule has 0 saturated carbocycles. The zero-order valence-corrected chi connectivity index (χ0v) is 38.9. The van der Waals surface area contributed by atoms with E-state index in [9.17, 15) is 0 Å². The minimum Gasteiger partial charge on any atom is -0.357 e. The molecule has 8 aromatic carbocycles. The fourth-order valence-corrected chi connectivity index (χ4v) is 9.09. The van der Waals surface area contributed by atoms with E-state index in [1.165, 1.54) is 24.3 Å². The normalized spacial score (nSPS) is 11.7. The zero-order chi connectivity index (χ0) is 45.6. The Hall–Kier alpha value is -8.54. The molecule has 0 radical (unpaired) electrons. The van der Waals surface area contributed by atoms with Crippen LogP contribution in [0.1, 0.15) is 0 Å². The van der Waals surface area contributed by atoms with Gasteiger partial charge in [0.05, 0.1) is 23.3 Å². The quantitative estimate of drug-likeness (QED) is 0.127. The van der Waals surface area contributed by atoms with E-state index in [1.54, 1.807) is 72.8 Å². The third kappa shape index (κ3) is 7.00. The summed E-state index contributed by atoms with van der Waals surface area (Å²) in [7, 11) is 0. The number of nitrogens with zero attached hydrogens (tertiary/aromatic N) is 8. The molecule has 13 rings (SSSR count). The maximum atomic E-state index is 16.4. The fourth-order valence-electron chi connectivity index (χ4n) is 9.09. The fraction of sp³-hybridized carbons (Fsp3) is 0. The third-order valence-corrected chi connectivity index (χ3v) is 12.4. The summed E-state index contributed by atoms with van der Waals surface area (Å²) in [5.41, 5.74) is 5.52. The summed E-state index contributed by atoms with van der Waals surface area (Å²) in [5.74, 6) is -1.74. The van der Waals surface area contributed by atoms with E-state index in [0.717, 1.165) is 0 Å². The van der Waals surface area contributed by atoms with Crippen molar-refractivity contribution in [3.8, 4) is 90.1 Å². The Labute approximate surface area is 402 Å². The van der Waals surface area contributed by atoms with Crippen LogP contribution in [0.25, 0.3) is 134 Å². The number of hydrogen-bond acceptors (Lipinski definition) is 6. The van der Waals surface area contributed by atoms with Crippen molar-refractivity contribution in [2.45, 2.75) is 0 Å². The Balaban J connectivity index is 0.00000492. The summed E-state index contributed by atoms with van der Waals surface area (Å²) in [5, 5.41) is 1.48. The molecular weight excluding hydrogens is 926 g/mol. The Morgan fingerprint density at radius 3 is 0.812 bits per heavy atom. The van der Waals surface area contributed by atoms with Crippen molar-refractivity contribution >= 4 is 44.1 Å². The van der Waals surface area contributed by atoms with Gasteiger partial charge in [-0.25, -0.2) is 27.5 Å². The standard InChI is InChI=1S/C56H28F4N8.Zn/c57-45-25-41-37(21-33(45)29-13-5-1-6-14-29)49-61-53(41)66-50-39-23-35(31-17-9-3-10-18-31)47(59)27-43(39)55(63-50)68-52-40-24-36(32-19-11-4-12-20-32)48(60)28-44(40)56(64-52)67-51-38-22-34(30-15-7-2-8-16-30)46(58)26-42(38)54(62-51)65-49;/h1-28H;/q-2;+2. The van der Waals surface area contributed by atoms with Gasteiger partial charge in [-0.2, -0.15) is 0 Å². The van der Waals surface area contributed by atoms with Crippen molar-refractivity contribution in [3.05, 3.63) is 193 Å². The molecule has 0 amide bonds. The van der Waals surface area contributed by atoms with E-state index in [2.05, 4.69) is 0 Å². The molecule has 0 N–H and O–H groups in total. The van der Waals surface area contributed by atoms with E-state index in [1.807, 2.05) is 72.8 Å². The van der Waals surface area contributed by atoms with E-state index in [4.69, 9.17) is 39.9 Å². The summed E-state index contributed by atoms with van der Waals surface area (Å²) in [4.78, 5) is 39.5.